The lowest BCUT2D eigenvalue weighted by Crippen LogP contribution is -2.32. The molecule has 1 atom stereocenters. The summed E-state index contributed by atoms with van der Waals surface area (Å²) in [5.41, 5.74) is 1.12. The lowest BCUT2D eigenvalue weighted by Gasteiger charge is -2.10. The van der Waals surface area contributed by atoms with Crippen molar-refractivity contribution in [3.05, 3.63) is 24.0 Å². The summed E-state index contributed by atoms with van der Waals surface area (Å²) in [7, 11) is 0. The lowest BCUT2D eigenvalue weighted by molar-refractivity contribution is -0.136. The van der Waals surface area contributed by atoms with E-state index in [9.17, 15) is 4.79 Å². The highest BCUT2D eigenvalue weighted by molar-refractivity contribution is 5.69. The largest absolute Gasteiger partial charge is 0.480 e. The summed E-state index contributed by atoms with van der Waals surface area (Å²) in [4.78, 5) is 13.3. The van der Waals surface area contributed by atoms with Crippen LogP contribution in [0, 0.1) is 0 Å². The molecule has 0 fully saturated rings. The Morgan fingerprint density at radius 3 is 3.08 bits per heavy atom. The maximum atomic E-state index is 10.2. The zero-order chi connectivity index (χ0) is 9.68. The number of aromatic nitrogens is 1. The Morgan fingerprint density at radius 2 is 2.54 bits per heavy atom. The van der Waals surface area contributed by atoms with E-state index >= 15 is 0 Å². The number of H-pyrrole nitrogens is 1. The van der Waals surface area contributed by atoms with Crippen LogP contribution < -0.4 is 5.32 Å². The fraction of sp³-hybridized carbons (Fsp3) is 0.444. The Bertz CT molecular complexity index is 257. The summed E-state index contributed by atoms with van der Waals surface area (Å²) >= 11 is 0. The molecule has 4 nitrogen and oxygen atoms in total. The van der Waals surface area contributed by atoms with Crippen LogP contribution in [-0.4, -0.2) is 28.6 Å². The molecule has 0 amide bonds. The second kappa shape index (κ2) is 4.67. The van der Waals surface area contributed by atoms with E-state index in [4.69, 9.17) is 5.11 Å². The van der Waals surface area contributed by atoms with Gasteiger partial charge in [0.25, 0.3) is 0 Å². The fourth-order valence-corrected chi connectivity index (χ4v) is 1.16. The summed E-state index contributed by atoms with van der Waals surface area (Å²) in [5, 5.41) is 11.3. The van der Waals surface area contributed by atoms with Crippen LogP contribution in [0.1, 0.15) is 12.6 Å². The average Bonchev–Trinajstić information content (AvgIpc) is 2.53. The van der Waals surface area contributed by atoms with Crippen LogP contribution in [0.4, 0.5) is 0 Å². The van der Waals surface area contributed by atoms with Crippen molar-refractivity contribution in [3.63, 3.8) is 0 Å². The Morgan fingerprint density at radius 1 is 1.77 bits per heavy atom. The van der Waals surface area contributed by atoms with E-state index in [0.29, 0.717) is 0 Å². The van der Waals surface area contributed by atoms with Gasteiger partial charge in [-0.1, -0.05) is 0 Å². The van der Waals surface area contributed by atoms with E-state index in [-0.39, 0.29) is 12.6 Å². The van der Waals surface area contributed by atoms with E-state index < -0.39 is 5.97 Å². The molecule has 0 radical (unpaired) electrons. The van der Waals surface area contributed by atoms with Crippen molar-refractivity contribution in [1.82, 2.24) is 10.3 Å². The van der Waals surface area contributed by atoms with Gasteiger partial charge in [0, 0.05) is 24.4 Å². The number of carboxylic acids is 1. The first-order valence-electron chi connectivity index (χ1n) is 4.26. The van der Waals surface area contributed by atoms with Crippen molar-refractivity contribution >= 4 is 5.97 Å². The number of hydrogen-bond acceptors (Lipinski definition) is 2. The summed E-state index contributed by atoms with van der Waals surface area (Å²) < 4.78 is 0. The van der Waals surface area contributed by atoms with Crippen molar-refractivity contribution in [2.75, 3.05) is 6.54 Å². The van der Waals surface area contributed by atoms with Crippen LogP contribution >= 0.6 is 0 Å². The number of carbonyl (C=O) groups is 1. The molecule has 0 aliphatic heterocycles. The highest BCUT2D eigenvalue weighted by Crippen LogP contribution is 1.98. The van der Waals surface area contributed by atoms with Crippen LogP contribution in [-0.2, 0) is 11.2 Å². The number of nitrogens with one attached hydrogen (secondary N) is 2. The second-order valence-corrected chi connectivity index (χ2v) is 3.08. The van der Waals surface area contributed by atoms with Crippen LogP contribution in [0.15, 0.2) is 18.3 Å². The molecule has 0 aliphatic carbocycles. The molecule has 72 valence electrons. The first-order chi connectivity index (χ1) is 6.18. The first kappa shape index (κ1) is 9.80. The standard InChI is InChI=1S/C9H14N2O2/c1-7(11-6-9(12)13)5-8-3-2-4-10-8/h2-4,7,10-11H,5-6H2,1H3,(H,12,13). The van der Waals surface area contributed by atoms with Gasteiger partial charge in [0.1, 0.15) is 0 Å². The molecule has 1 unspecified atom stereocenters. The highest BCUT2D eigenvalue weighted by atomic mass is 16.4. The molecule has 0 spiro atoms. The van der Waals surface area contributed by atoms with Crippen molar-refractivity contribution in [2.45, 2.75) is 19.4 Å². The van der Waals surface area contributed by atoms with E-state index in [0.717, 1.165) is 12.1 Å². The molecule has 0 saturated carbocycles. The normalized spacial score (nSPS) is 12.7. The molecular weight excluding hydrogens is 168 g/mol. The number of hydrogen-bond donors (Lipinski definition) is 3. The Kier molecular flexibility index (Phi) is 3.52. The number of aliphatic carboxylic acids is 1. The molecule has 0 bridgehead atoms. The van der Waals surface area contributed by atoms with Crippen molar-refractivity contribution in [3.8, 4) is 0 Å². The van der Waals surface area contributed by atoms with Crippen molar-refractivity contribution in [2.24, 2.45) is 0 Å². The van der Waals surface area contributed by atoms with Gasteiger partial charge in [-0.15, -0.1) is 0 Å². The molecule has 0 aliphatic rings. The zero-order valence-electron chi connectivity index (χ0n) is 7.58. The summed E-state index contributed by atoms with van der Waals surface area (Å²) in [6, 6.07) is 4.09. The summed E-state index contributed by atoms with van der Waals surface area (Å²) in [6.07, 6.45) is 2.68. The maximum Gasteiger partial charge on any atom is 0.317 e. The third-order valence-electron chi connectivity index (χ3n) is 1.79. The zero-order valence-corrected chi connectivity index (χ0v) is 7.58. The molecule has 1 aromatic heterocycles. The first-order valence-corrected chi connectivity index (χ1v) is 4.26. The Hall–Kier alpha value is -1.29. The van der Waals surface area contributed by atoms with Gasteiger partial charge in [-0.3, -0.25) is 4.79 Å². The SMILES string of the molecule is CC(Cc1ccc[nH]1)NCC(=O)O. The predicted molar refractivity (Wildman–Crippen MR) is 49.6 cm³/mol. The molecule has 1 rings (SSSR count). The van der Waals surface area contributed by atoms with Crippen LogP contribution in [0.2, 0.25) is 0 Å². The van der Waals surface area contributed by atoms with Gasteiger partial charge >= 0.3 is 5.97 Å². The quantitative estimate of drug-likeness (QED) is 0.625. The van der Waals surface area contributed by atoms with E-state index in [1.165, 1.54) is 0 Å². The minimum atomic E-state index is -0.821. The Balaban J connectivity index is 2.25. The molecular formula is C9H14N2O2. The van der Waals surface area contributed by atoms with Crippen LogP contribution in [0.5, 0.6) is 0 Å². The van der Waals surface area contributed by atoms with Crippen LogP contribution in [0.3, 0.4) is 0 Å². The minimum absolute atomic E-state index is 0.0157. The van der Waals surface area contributed by atoms with Crippen molar-refractivity contribution in [1.29, 1.82) is 0 Å². The predicted octanol–water partition coefficient (Wildman–Crippen LogP) is 0.620. The number of aromatic amines is 1. The molecule has 0 aromatic carbocycles. The van der Waals surface area contributed by atoms with Gasteiger partial charge in [0.05, 0.1) is 6.54 Å². The van der Waals surface area contributed by atoms with E-state index in [1.54, 1.807) is 0 Å². The number of rotatable bonds is 5. The average molecular weight is 182 g/mol. The van der Waals surface area contributed by atoms with Gasteiger partial charge in [-0.2, -0.15) is 0 Å². The van der Waals surface area contributed by atoms with Gasteiger partial charge in [0.15, 0.2) is 0 Å². The smallest absolute Gasteiger partial charge is 0.317 e. The monoisotopic (exact) mass is 182 g/mol. The van der Waals surface area contributed by atoms with Gasteiger partial charge in [0.2, 0.25) is 0 Å². The lowest BCUT2D eigenvalue weighted by atomic mass is 10.2. The highest BCUT2D eigenvalue weighted by Gasteiger charge is 2.04. The van der Waals surface area contributed by atoms with Gasteiger partial charge < -0.3 is 15.4 Å². The second-order valence-electron chi connectivity index (χ2n) is 3.08. The molecule has 3 N–H and O–H groups in total. The number of carboxylic acid groups (broad SMARTS) is 1. The van der Waals surface area contributed by atoms with E-state index in [1.807, 2.05) is 25.3 Å². The van der Waals surface area contributed by atoms with Crippen LogP contribution in [0.25, 0.3) is 0 Å². The van der Waals surface area contributed by atoms with Crippen molar-refractivity contribution < 1.29 is 9.90 Å². The van der Waals surface area contributed by atoms with E-state index in [2.05, 4.69) is 10.3 Å². The van der Waals surface area contributed by atoms with Gasteiger partial charge in [-0.25, -0.2) is 0 Å². The maximum absolute atomic E-state index is 10.2. The minimum Gasteiger partial charge on any atom is -0.480 e. The van der Waals surface area contributed by atoms with Gasteiger partial charge in [-0.05, 0) is 19.1 Å². The molecule has 13 heavy (non-hydrogen) atoms. The molecule has 1 heterocycles. The molecule has 0 saturated heterocycles. The topological polar surface area (TPSA) is 65.1 Å². The summed E-state index contributed by atoms with van der Waals surface area (Å²) in [5.74, 6) is -0.821. The Labute approximate surface area is 77.0 Å². The third kappa shape index (κ3) is 3.75. The third-order valence-corrected chi connectivity index (χ3v) is 1.79. The summed E-state index contributed by atoms with van der Waals surface area (Å²) in [6.45, 7) is 1.98. The molecule has 4 heteroatoms. The fourth-order valence-electron chi connectivity index (χ4n) is 1.16. The molecule has 1 aromatic rings.